The van der Waals surface area contributed by atoms with Crippen LogP contribution in [0.25, 0.3) is 0 Å². The van der Waals surface area contributed by atoms with E-state index in [4.69, 9.17) is 10.5 Å². The van der Waals surface area contributed by atoms with Crippen LogP contribution in [-0.2, 0) is 9.53 Å². The molecule has 1 aliphatic heterocycles. The lowest BCUT2D eigenvalue weighted by molar-refractivity contribution is -0.119. The van der Waals surface area contributed by atoms with Gasteiger partial charge in [0.2, 0.25) is 5.91 Å². The molecule has 1 heterocycles. The number of rotatable bonds is 4. The summed E-state index contributed by atoms with van der Waals surface area (Å²) < 4.78 is 18.8. The SMILES string of the molecule is CC(=O)NC[C@H]1CN(c2ccc(C(N)=O)c(F)c2)C(=O)O1. The Morgan fingerprint density at radius 1 is 1.52 bits per heavy atom. The number of benzene rings is 1. The summed E-state index contributed by atoms with van der Waals surface area (Å²) in [6, 6.07) is 3.66. The maximum Gasteiger partial charge on any atom is 0.414 e. The Bertz CT molecular complexity index is 605. The molecule has 8 heteroatoms. The molecule has 112 valence electrons. The zero-order valence-corrected chi connectivity index (χ0v) is 11.3. The summed E-state index contributed by atoms with van der Waals surface area (Å²) >= 11 is 0. The van der Waals surface area contributed by atoms with Crippen LogP contribution in [-0.4, -0.2) is 37.1 Å². The number of nitrogens with one attached hydrogen (secondary N) is 1. The average Bonchev–Trinajstić information content (AvgIpc) is 2.77. The van der Waals surface area contributed by atoms with Crippen LogP contribution in [0.15, 0.2) is 18.2 Å². The normalized spacial score (nSPS) is 17.5. The van der Waals surface area contributed by atoms with Gasteiger partial charge in [0.1, 0.15) is 11.9 Å². The molecule has 7 nitrogen and oxygen atoms in total. The van der Waals surface area contributed by atoms with Gasteiger partial charge in [-0.3, -0.25) is 14.5 Å². The maximum absolute atomic E-state index is 13.7. The summed E-state index contributed by atoms with van der Waals surface area (Å²) in [4.78, 5) is 34.7. The van der Waals surface area contributed by atoms with E-state index >= 15 is 0 Å². The number of anilines is 1. The number of ether oxygens (including phenoxy) is 1. The van der Waals surface area contributed by atoms with E-state index < -0.39 is 23.9 Å². The number of primary amides is 1. The zero-order chi connectivity index (χ0) is 15.6. The molecule has 1 fully saturated rings. The van der Waals surface area contributed by atoms with Gasteiger partial charge in [0, 0.05) is 6.92 Å². The van der Waals surface area contributed by atoms with Gasteiger partial charge < -0.3 is 15.8 Å². The van der Waals surface area contributed by atoms with Gasteiger partial charge in [-0.05, 0) is 18.2 Å². The average molecular weight is 295 g/mol. The van der Waals surface area contributed by atoms with Crippen LogP contribution in [0.1, 0.15) is 17.3 Å². The first kappa shape index (κ1) is 14.8. The molecule has 21 heavy (non-hydrogen) atoms. The molecule has 0 radical (unpaired) electrons. The van der Waals surface area contributed by atoms with Crippen molar-refractivity contribution >= 4 is 23.6 Å². The molecule has 3 amide bonds. The van der Waals surface area contributed by atoms with Crippen molar-refractivity contribution in [1.29, 1.82) is 0 Å². The van der Waals surface area contributed by atoms with Crippen molar-refractivity contribution in [3.63, 3.8) is 0 Å². The highest BCUT2D eigenvalue weighted by molar-refractivity contribution is 5.95. The van der Waals surface area contributed by atoms with Gasteiger partial charge in [0.25, 0.3) is 5.91 Å². The first-order chi connectivity index (χ1) is 9.88. The number of halogens is 1. The Labute approximate surface area is 119 Å². The van der Waals surface area contributed by atoms with E-state index in [-0.39, 0.29) is 30.2 Å². The lowest BCUT2D eigenvalue weighted by Gasteiger charge is -2.13. The molecule has 1 aromatic rings. The van der Waals surface area contributed by atoms with Crippen LogP contribution in [0.5, 0.6) is 0 Å². The molecule has 0 bridgehead atoms. The highest BCUT2D eigenvalue weighted by Crippen LogP contribution is 2.23. The van der Waals surface area contributed by atoms with Gasteiger partial charge >= 0.3 is 6.09 Å². The van der Waals surface area contributed by atoms with Crippen molar-refractivity contribution in [2.24, 2.45) is 5.73 Å². The van der Waals surface area contributed by atoms with Gasteiger partial charge in [-0.15, -0.1) is 0 Å². The van der Waals surface area contributed by atoms with Crippen molar-refractivity contribution in [3.05, 3.63) is 29.6 Å². The van der Waals surface area contributed by atoms with Crippen molar-refractivity contribution < 1.29 is 23.5 Å². The molecule has 1 atom stereocenters. The Morgan fingerprint density at radius 2 is 2.24 bits per heavy atom. The lowest BCUT2D eigenvalue weighted by Crippen LogP contribution is -2.33. The van der Waals surface area contributed by atoms with Gasteiger partial charge in [0.05, 0.1) is 24.3 Å². The third kappa shape index (κ3) is 3.28. The minimum Gasteiger partial charge on any atom is -0.442 e. The van der Waals surface area contributed by atoms with Crippen LogP contribution in [0.3, 0.4) is 0 Å². The summed E-state index contributed by atoms with van der Waals surface area (Å²) in [6.07, 6.45) is -1.16. The number of nitrogens with zero attached hydrogens (tertiary/aromatic N) is 1. The molecule has 2 rings (SSSR count). The van der Waals surface area contributed by atoms with E-state index in [1.54, 1.807) is 0 Å². The molecule has 0 unspecified atom stereocenters. The summed E-state index contributed by atoms with van der Waals surface area (Å²) in [5.74, 6) is -1.92. The van der Waals surface area contributed by atoms with Gasteiger partial charge in [-0.25, -0.2) is 9.18 Å². The molecule has 0 aliphatic carbocycles. The highest BCUT2D eigenvalue weighted by atomic mass is 19.1. The van der Waals surface area contributed by atoms with Crippen LogP contribution in [0.2, 0.25) is 0 Å². The first-order valence-electron chi connectivity index (χ1n) is 6.20. The molecular formula is C13H14FN3O4. The fraction of sp³-hybridized carbons (Fsp3) is 0.308. The minimum absolute atomic E-state index is 0.175. The van der Waals surface area contributed by atoms with Crippen LogP contribution in [0.4, 0.5) is 14.9 Å². The second kappa shape index (κ2) is 5.78. The lowest BCUT2D eigenvalue weighted by atomic mass is 10.1. The number of amides is 3. The Balaban J connectivity index is 2.12. The number of cyclic esters (lactones) is 1. The molecule has 1 aromatic carbocycles. The van der Waals surface area contributed by atoms with E-state index in [9.17, 15) is 18.8 Å². The second-order valence-electron chi connectivity index (χ2n) is 4.58. The van der Waals surface area contributed by atoms with E-state index in [1.807, 2.05) is 0 Å². The molecular weight excluding hydrogens is 281 g/mol. The summed E-state index contributed by atoms with van der Waals surface area (Å²) in [5, 5.41) is 2.54. The first-order valence-corrected chi connectivity index (χ1v) is 6.20. The Morgan fingerprint density at radius 3 is 2.81 bits per heavy atom. The Kier molecular flexibility index (Phi) is 4.06. The number of nitrogens with two attached hydrogens (primary N) is 1. The largest absolute Gasteiger partial charge is 0.442 e. The molecule has 3 N–H and O–H groups in total. The monoisotopic (exact) mass is 295 g/mol. The standard InChI is InChI=1S/C13H14FN3O4/c1-7(18)16-5-9-6-17(13(20)21-9)8-2-3-10(12(15)19)11(14)4-8/h2-4,9H,5-6H2,1H3,(H2,15,19)(H,16,18)/t9-/m0/s1. The fourth-order valence-corrected chi connectivity index (χ4v) is 1.97. The minimum atomic E-state index is -0.883. The van der Waals surface area contributed by atoms with Crippen molar-refractivity contribution in [2.45, 2.75) is 13.0 Å². The fourth-order valence-electron chi connectivity index (χ4n) is 1.97. The molecule has 0 spiro atoms. The van der Waals surface area contributed by atoms with Gasteiger partial charge in [0.15, 0.2) is 0 Å². The third-order valence-corrected chi connectivity index (χ3v) is 2.98. The van der Waals surface area contributed by atoms with E-state index in [1.165, 1.54) is 24.0 Å². The van der Waals surface area contributed by atoms with Gasteiger partial charge in [-0.2, -0.15) is 0 Å². The van der Waals surface area contributed by atoms with Crippen LogP contribution >= 0.6 is 0 Å². The smallest absolute Gasteiger partial charge is 0.414 e. The molecule has 0 saturated carbocycles. The molecule has 1 aliphatic rings. The second-order valence-corrected chi connectivity index (χ2v) is 4.58. The molecule has 0 aromatic heterocycles. The van der Waals surface area contributed by atoms with Gasteiger partial charge in [-0.1, -0.05) is 0 Å². The van der Waals surface area contributed by atoms with E-state index in [0.29, 0.717) is 0 Å². The maximum atomic E-state index is 13.7. The summed E-state index contributed by atoms with van der Waals surface area (Å²) in [5.41, 5.74) is 5.02. The summed E-state index contributed by atoms with van der Waals surface area (Å²) in [6.45, 7) is 1.71. The quantitative estimate of drug-likeness (QED) is 0.838. The highest BCUT2D eigenvalue weighted by Gasteiger charge is 2.32. The Hall–Kier alpha value is -2.64. The topological polar surface area (TPSA) is 102 Å². The number of carbonyl (C=O) groups is 3. The van der Waals surface area contributed by atoms with Crippen LogP contribution in [0, 0.1) is 5.82 Å². The number of carbonyl (C=O) groups excluding carboxylic acids is 3. The predicted molar refractivity (Wildman–Crippen MR) is 71.2 cm³/mol. The third-order valence-electron chi connectivity index (χ3n) is 2.98. The van der Waals surface area contributed by atoms with Crippen LogP contribution < -0.4 is 16.0 Å². The zero-order valence-electron chi connectivity index (χ0n) is 11.3. The summed E-state index contributed by atoms with van der Waals surface area (Å²) in [7, 11) is 0. The number of hydrogen-bond donors (Lipinski definition) is 2. The van der Waals surface area contributed by atoms with E-state index in [0.717, 1.165) is 6.07 Å². The van der Waals surface area contributed by atoms with E-state index in [2.05, 4.69) is 5.32 Å². The number of hydrogen-bond acceptors (Lipinski definition) is 4. The van der Waals surface area contributed by atoms with Crippen molar-refractivity contribution in [2.75, 3.05) is 18.0 Å². The van der Waals surface area contributed by atoms with Crippen molar-refractivity contribution in [3.8, 4) is 0 Å². The predicted octanol–water partition coefficient (Wildman–Crippen LogP) is 0.386. The molecule has 1 saturated heterocycles. The van der Waals surface area contributed by atoms with Crippen molar-refractivity contribution in [1.82, 2.24) is 5.32 Å².